The largest absolute Gasteiger partial charge is 0.446 e. The quantitative estimate of drug-likeness (QED) is 0.659. The predicted octanol–water partition coefficient (Wildman–Crippen LogP) is 5.13. The zero-order valence-corrected chi connectivity index (χ0v) is 19.5. The van der Waals surface area contributed by atoms with Gasteiger partial charge in [0.05, 0.1) is 17.2 Å². The molecule has 0 radical (unpaired) electrons. The summed E-state index contributed by atoms with van der Waals surface area (Å²) in [5, 5.41) is 9.91. The lowest BCUT2D eigenvalue weighted by Gasteiger charge is -2.42. The van der Waals surface area contributed by atoms with Crippen LogP contribution in [0.25, 0.3) is 0 Å². The van der Waals surface area contributed by atoms with Gasteiger partial charge in [0.25, 0.3) is 0 Å². The molecule has 3 heterocycles. The van der Waals surface area contributed by atoms with Gasteiger partial charge >= 0.3 is 12.3 Å². The van der Waals surface area contributed by atoms with E-state index in [9.17, 15) is 23.1 Å². The number of alkyl halides is 3. The first-order valence-corrected chi connectivity index (χ1v) is 11.5. The van der Waals surface area contributed by atoms with Gasteiger partial charge in [-0.1, -0.05) is 36.4 Å². The predicted molar refractivity (Wildman–Crippen MR) is 123 cm³/mol. The Morgan fingerprint density at radius 2 is 1.74 bits per heavy atom. The van der Waals surface area contributed by atoms with Crippen molar-refractivity contribution in [2.75, 3.05) is 24.5 Å². The first-order valence-electron chi connectivity index (χ1n) is 11.5. The van der Waals surface area contributed by atoms with Crippen molar-refractivity contribution in [3.8, 4) is 0 Å². The third-order valence-corrected chi connectivity index (χ3v) is 5.82. The summed E-state index contributed by atoms with van der Waals surface area (Å²) in [6, 6.07) is 13.9. The molecule has 1 aromatic heterocycles. The van der Waals surface area contributed by atoms with Crippen LogP contribution in [0.4, 0.5) is 23.8 Å². The minimum absolute atomic E-state index is 0.138. The zero-order valence-electron chi connectivity index (χ0n) is 19.5. The number of hydrogen-bond donors (Lipinski definition) is 1. The van der Waals surface area contributed by atoms with Crippen LogP contribution in [0.5, 0.6) is 0 Å². The summed E-state index contributed by atoms with van der Waals surface area (Å²) >= 11 is 0. The third kappa shape index (κ3) is 7.62. The molecule has 0 aliphatic carbocycles. The summed E-state index contributed by atoms with van der Waals surface area (Å²) in [4.78, 5) is 20.0. The number of halogens is 3. The maximum atomic E-state index is 13.0. The molecule has 2 unspecified atom stereocenters. The molecule has 2 fully saturated rings. The van der Waals surface area contributed by atoms with Crippen LogP contribution in [0.3, 0.4) is 0 Å². The number of pyridine rings is 1. The second kappa shape index (κ2) is 11.1. The molecule has 6 nitrogen and oxygen atoms in total. The smallest absolute Gasteiger partial charge is 0.416 e. The minimum Gasteiger partial charge on any atom is -0.446 e. The van der Waals surface area contributed by atoms with Crippen LogP contribution in [-0.2, 0) is 10.9 Å². The van der Waals surface area contributed by atoms with E-state index >= 15 is 0 Å². The Morgan fingerprint density at radius 1 is 1.09 bits per heavy atom. The standard InChI is InChI=1S/C19H26F3N3O3.C6H6/c1-18(2,27)11-15-6-9-25(17(26)28-15)14-4-3-8-24(12-14)16-10-13(5-7-23-16)19(20,21)22;1-2-4-6-5-3-1/h5,7,10,14-15,27H,3-4,6,8-9,11-12H2,1-2H3;1-6H. The second-order valence-electron chi connectivity index (χ2n) is 9.30. The molecule has 2 aliphatic rings. The molecule has 34 heavy (non-hydrogen) atoms. The average Bonchev–Trinajstić information content (AvgIpc) is 2.79. The van der Waals surface area contributed by atoms with Crippen molar-refractivity contribution in [3.05, 3.63) is 60.3 Å². The zero-order chi connectivity index (χ0) is 24.8. The van der Waals surface area contributed by atoms with E-state index in [0.29, 0.717) is 32.5 Å². The number of hydrogen-bond acceptors (Lipinski definition) is 5. The number of piperidine rings is 1. The molecule has 4 rings (SSSR count). The van der Waals surface area contributed by atoms with Crippen molar-refractivity contribution in [1.82, 2.24) is 9.88 Å². The first kappa shape index (κ1) is 25.8. The van der Waals surface area contributed by atoms with E-state index in [-0.39, 0.29) is 18.0 Å². The van der Waals surface area contributed by atoms with Crippen LogP contribution in [-0.4, -0.2) is 58.5 Å². The highest BCUT2D eigenvalue weighted by molar-refractivity contribution is 5.69. The Hall–Kier alpha value is -2.81. The maximum absolute atomic E-state index is 13.0. The Kier molecular flexibility index (Phi) is 8.41. The van der Waals surface area contributed by atoms with Gasteiger partial charge < -0.3 is 19.6 Å². The Bertz CT molecular complexity index is 892. The number of rotatable bonds is 4. The molecule has 0 saturated carbocycles. The number of anilines is 1. The molecular weight excluding hydrogens is 447 g/mol. The van der Waals surface area contributed by atoms with Crippen LogP contribution in [0, 0.1) is 0 Å². The summed E-state index contributed by atoms with van der Waals surface area (Å²) in [5.41, 5.74) is -1.64. The normalized spacial score (nSPS) is 21.4. The number of carbonyl (C=O) groups excluding carboxylic acids is 1. The molecule has 2 saturated heterocycles. The second-order valence-corrected chi connectivity index (χ2v) is 9.30. The number of carbonyl (C=O) groups is 1. The van der Waals surface area contributed by atoms with Gasteiger partial charge in [0, 0.05) is 38.7 Å². The van der Waals surface area contributed by atoms with Gasteiger partial charge in [-0.2, -0.15) is 13.2 Å². The van der Waals surface area contributed by atoms with Crippen LogP contribution >= 0.6 is 0 Å². The van der Waals surface area contributed by atoms with Gasteiger partial charge in [-0.05, 0) is 38.8 Å². The average molecular weight is 480 g/mol. The fourth-order valence-electron chi connectivity index (χ4n) is 4.25. The highest BCUT2D eigenvalue weighted by Crippen LogP contribution is 2.32. The van der Waals surface area contributed by atoms with Crippen molar-refractivity contribution >= 4 is 11.9 Å². The van der Waals surface area contributed by atoms with Crippen LogP contribution < -0.4 is 4.90 Å². The van der Waals surface area contributed by atoms with Crippen LogP contribution in [0.15, 0.2) is 54.7 Å². The lowest BCUT2D eigenvalue weighted by atomic mass is 9.97. The number of nitrogens with zero attached hydrogens (tertiary/aromatic N) is 3. The van der Waals surface area contributed by atoms with Crippen molar-refractivity contribution in [1.29, 1.82) is 0 Å². The first-order chi connectivity index (χ1) is 16.0. The van der Waals surface area contributed by atoms with Gasteiger partial charge in [0.2, 0.25) is 0 Å². The highest BCUT2D eigenvalue weighted by atomic mass is 19.4. The van der Waals surface area contributed by atoms with Gasteiger partial charge in [-0.15, -0.1) is 0 Å². The lowest BCUT2D eigenvalue weighted by molar-refractivity contribution is -0.137. The number of ether oxygens (including phenoxy) is 1. The Balaban J connectivity index is 0.000000469. The van der Waals surface area contributed by atoms with Crippen LogP contribution in [0.1, 0.15) is 45.1 Å². The van der Waals surface area contributed by atoms with Crippen molar-refractivity contribution in [2.24, 2.45) is 0 Å². The summed E-state index contributed by atoms with van der Waals surface area (Å²) in [6.07, 6.45) is -1.50. The van der Waals surface area contributed by atoms with E-state index in [1.54, 1.807) is 23.6 Å². The van der Waals surface area contributed by atoms with E-state index < -0.39 is 23.4 Å². The Labute approximate surface area is 198 Å². The van der Waals surface area contributed by atoms with Crippen molar-refractivity contribution in [3.63, 3.8) is 0 Å². The number of aliphatic hydroxyl groups is 1. The van der Waals surface area contributed by atoms with E-state index in [0.717, 1.165) is 31.2 Å². The molecule has 0 bridgehead atoms. The molecule has 0 spiro atoms. The fourth-order valence-corrected chi connectivity index (χ4v) is 4.25. The molecule has 186 valence electrons. The van der Waals surface area contributed by atoms with Gasteiger partial charge in [-0.25, -0.2) is 9.78 Å². The third-order valence-electron chi connectivity index (χ3n) is 5.82. The number of amides is 1. The number of benzene rings is 1. The monoisotopic (exact) mass is 479 g/mol. The van der Waals surface area contributed by atoms with Gasteiger partial charge in [0.15, 0.2) is 0 Å². The topological polar surface area (TPSA) is 65.9 Å². The van der Waals surface area contributed by atoms with E-state index in [2.05, 4.69) is 4.98 Å². The van der Waals surface area contributed by atoms with Crippen molar-refractivity contribution in [2.45, 2.75) is 63.5 Å². The van der Waals surface area contributed by atoms with E-state index in [1.807, 2.05) is 36.4 Å². The molecule has 2 aromatic rings. The van der Waals surface area contributed by atoms with Crippen molar-refractivity contribution < 1.29 is 27.8 Å². The maximum Gasteiger partial charge on any atom is 0.416 e. The number of aromatic nitrogens is 1. The molecule has 1 amide bonds. The van der Waals surface area contributed by atoms with Crippen LogP contribution in [0.2, 0.25) is 0 Å². The molecule has 1 N–H and O–H groups in total. The molecular formula is C25H32F3N3O3. The lowest BCUT2D eigenvalue weighted by Crippen LogP contribution is -2.54. The minimum atomic E-state index is -4.42. The van der Waals surface area contributed by atoms with Gasteiger partial charge in [0.1, 0.15) is 11.9 Å². The molecule has 9 heteroatoms. The molecule has 1 aromatic carbocycles. The summed E-state index contributed by atoms with van der Waals surface area (Å²) in [6.45, 7) is 4.87. The Morgan fingerprint density at radius 3 is 2.29 bits per heavy atom. The highest BCUT2D eigenvalue weighted by Gasteiger charge is 2.37. The summed E-state index contributed by atoms with van der Waals surface area (Å²) in [7, 11) is 0. The summed E-state index contributed by atoms with van der Waals surface area (Å²) in [5.74, 6) is 0.268. The summed E-state index contributed by atoms with van der Waals surface area (Å²) < 4.78 is 44.4. The number of cyclic esters (lactones) is 1. The fraction of sp³-hybridized carbons (Fsp3) is 0.520. The molecule has 2 atom stereocenters. The van der Waals surface area contributed by atoms with E-state index in [4.69, 9.17) is 4.74 Å². The van der Waals surface area contributed by atoms with E-state index in [1.165, 1.54) is 0 Å². The van der Waals surface area contributed by atoms with Gasteiger partial charge in [-0.3, -0.25) is 0 Å². The molecule has 2 aliphatic heterocycles. The SMILES string of the molecule is CC(C)(O)CC1CCN(C2CCCN(c3cc(C(F)(F)F)ccn3)C2)C(=O)O1.c1ccccc1.